The highest BCUT2D eigenvalue weighted by molar-refractivity contribution is 7.70. The van der Waals surface area contributed by atoms with Crippen molar-refractivity contribution in [1.82, 2.24) is 38.9 Å². The number of carbonyl (C=O) groups is 2. The molecule has 6 aromatic rings. The minimum atomic E-state index is -4.44. The number of nitrogens with zero attached hydrogens (tertiary/aromatic N) is 11. The van der Waals surface area contributed by atoms with Crippen molar-refractivity contribution < 1.29 is 27.3 Å². The number of fused-ring (bicyclic) bond motifs is 4. The molecule has 0 spiro atoms. The smallest absolute Gasteiger partial charge is 0.371 e. The Balaban J connectivity index is 0.691. The fraction of sp³-hybridized carbons (Fsp3) is 0.475. The molecule has 3 fully saturated rings. The number of thiophene rings is 1. The fourth-order valence-electron chi connectivity index (χ4n) is 11.7. The van der Waals surface area contributed by atoms with Gasteiger partial charge in [0.2, 0.25) is 11.8 Å². The van der Waals surface area contributed by atoms with Crippen LogP contribution in [0.1, 0.15) is 77.1 Å². The van der Waals surface area contributed by atoms with Crippen molar-refractivity contribution in [2.45, 2.75) is 77.7 Å². The molecule has 1 atom stereocenters. The summed E-state index contributed by atoms with van der Waals surface area (Å²) in [6.07, 6.45) is -0.785. The van der Waals surface area contributed by atoms with E-state index < -0.39 is 25.9 Å². The van der Waals surface area contributed by atoms with Gasteiger partial charge in [0, 0.05) is 122 Å². The molecular weight excluding hydrogens is 1070 g/mol. The fourth-order valence-corrected chi connectivity index (χ4v) is 13.9. The Kier molecular flexibility index (Phi) is 16.6. The zero-order valence-electron chi connectivity index (χ0n) is 46.2. The van der Waals surface area contributed by atoms with Gasteiger partial charge >= 0.3 is 6.18 Å². The molecule has 79 heavy (non-hydrogen) atoms. The van der Waals surface area contributed by atoms with Crippen LogP contribution in [0, 0.1) is 38.5 Å². The second-order valence-electron chi connectivity index (χ2n) is 22.2. The van der Waals surface area contributed by atoms with Gasteiger partial charge in [0.1, 0.15) is 30.6 Å². The molecule has 0 saturated carbocycles. The highest BCUT2D eigenvalue weighted by Crippen LogP contribution is 2.41. The van der Waals surface area contributed by atoms with E-state index in [2.05, 4.69) is 55.2 Å². The van der Waals surface area contributed by atoms with Crippen LogP contribution in [0.3, 0.4) is 0 Å². The number of benzene rings is 3. The molecule has 0 aliphatic carbocycles. The number of piperidine rings is 2. The number of hydrogen-bond donors (Lipinski definition) is 0. The summed E-state index contributed by atoms with van der Waals surface area (Å²) in [4.78, 5) is 47.1. The lowest BCUT2D eigenvalue weighted by atomic mass is 9.95. The molecule has 418 valence electrons. The number of amides is 2. The number of rotatable bonds is 13. The first-order chi connectivity index (χ1) is 37.7. The van der Waals surface area contributed by atoms with Gasteiger partial charge in [-0.15, -0.1) is 21.5 Å². The van der Waals surface area contributed by atoms with Gasteiger partial charge in [-0.25, -0.2) is 0 Å². The van der Waals surface area contributed by atoms with Crippen LogP contribution in [-0.2, 0) is 20.7 Å². The normalized spacial score (nSPS) is 18.0. The maximum atomic E-state index is 14.1. The third-order valence-electron chi connectivity index (χ3n) is 16.5. The highest BCUT2D eigenvalue weighted by atomic mass is 35.5. The molecule has 2 amide bonds. The predicted octanol–water partition coefficient (Wildman–Crippen LogP) is 9.43. The van der Waals surface area contributed by atoms with Gasteiger partial charge in [-0.2, -0.15) is 13.2 Å². The van der Waals surface area contributed by atoms with Crippen molar-refractivity contribution in [3.8, 4) is 16.8 Å². The molecule has 3 aromatic heterocycles. The number of likely N-dealkylation sites (tertiary alicyclic amines) is 2. The van der Waals surface area contributed by atoms with Crippen molar-refractivity contribution in [3.63, 3.8) is 0 Å². The lowest BCUT2D eigenvalue weighted by molar-refractivity contribution is -0.140. The Morgan fingerprint density at radius 1 is 0.835 bits per heavy atom. The number of aromatic nitrogens is 4. The molecule has 0 N–H and O–H groups in total. The number of piperazine rings is 1. The van der Waals surface area contributed by atoms with Crippen LogP contribution in [0.4, 0.5) is 24.5 Å². The Morgan fingerprint density at radius 3 is 2.19 bits per heavy atom. The lowest BCUT2D eigenvalue weighted by Gasteiger charge is -2.40. The van der Waals surface area contributed by atoms with Gasteiger partial charge in [-0.1, -0.05) is 35.7 Å². The van der Waals surface area contributed by atoms with E-state index >= 15 is 0 Å². The number of alkyl halides is 3. The van der Waals surface area contributed by atoms with Crippen molar-refractivity contribution in [3.05, 3.63) is 117 Å². The summed E-state index contributed by atoms with van der Waals surface area (Å²) in [6.45, 7) is 15.9. The van der Waals surface area contributed by atoms with Gasteiger partial charge in [0.05, 0.1) is 36.4 Å². The number of anilines is 2. The summed E-state index contributed by atoms with van der Waals surface area (Å²) in [5.74, 6) is 8.26. The average molecular weight is 1140 g/mol. The maximum Gasteiger partial charge on any atom is 0.406 e. The summed E-state index contributed by atoms with van der Waals surface area (Å²) in [5.41, 5.74) is 6.47. The SMILES string of the molecule is Cc1sc2c(c1C)C(c1ccc(Cl)cc1)=N[C@@H](CC(=O)N1CCC(CN3CCN(C(=O)CN4CCC(N(C)c5cccc6c5cc(C#CCN(C)c5ccc(P(C)(C)=O)cc5)n6CC(F)(F)F)CC4)CC3)CC1)c1nnc(C)n1-2. The summed E-state index contributed by atoms with van der Waals surface area (Å²) < 4.78 is 58.0. The molecule has 7 heterocycles. The zero-order chi connectivity index (χ0) is 55.9. The molecule has 10 rings (SSSR count). The Hall–Kier alpha value is -5.96. The molecule has 14 nitrogen and oxygen atoms in total. The van der Waals surface area contributed by atoms with Gasteiger partial charge in [-0.3, -0.25) is 28.9 Å². The molecule has 4 aliphatic rings. The van der Waals surface area contributed by atoms with Gasteiger partial charge in [0.15, 0.2) is 5.82 Å². The third kappa shape index (κ3) is 12.5. The van der Waals surface area contributed by atoms with Gasteiger partial charge in [-0.05, 0) is 132 Å². The number of aliphatic imine (C=N–C) groups is 1. The summed E-state index contributed by atoms with van der Waals surface area (Å²) in [6, 6.07) is 22.1. The van der Waals surface area contributed by atoms with E-state index in [4.69, 9.17) is 16.6 Å². The first-order valence-electron chi connectivity index (χ1n) is 27.3. The molecular formula is C59H70ClF3N11O3PS. The second kappa shape index (κ2) is 23.3. The van der Waals surface area contributed by atoms with E-state index in [1.165, 1.54) is 9.44 Å². The molecule has 0 unspecified atom stereocenters. The van der Waals surface area contributed by atoms with Crippen molar-refractivity contribution in [1.29, 1.82) is 0 Å². The number of hydrogen-bond acceptors (Lipinski definition) is 11. The van der Waals surface area contributed by atoms with Crippen molar-refractivity contribution in [2.24, 2.45) is 10.9 Å². The second-order valence-corrected chi connectivity index (χ2v) is 27.1. The standard InChI is InChI=1S/C59H70ClF3N11O3PS/c1-39-40(2)79-58-55(39)56(43-13-15-44(60)16-14-43)64-50(57-66-65-41(3)74(57)58)35-53(75)71-28-21-42(22-29-71)36-70-30-32-72(33-31-70)54(76)37-69-26-23-46(24-27-69)68(5)51-11-8-12-52-49(51)34-47(73(52)38-59(61,62)63)10-9-25-67(4)45-17-19-48(20-18-45)78(6,7)77/h8,11-20,34,42,46,50H,21-33,35-38H2,1-7H3/t50-/m0/s1. The first kappa shape index (κ1) is 56.3. The number of carbonyl (C=O) groups excluding carboxylic acids is 2. The monoisotopic (exact) mass is 1140 g/mol. The summed E-state index contributed by atoms with van der Waals surface area (Å²) in [5, 5.41) is 12.2. The van der Waals surface area contributed by atoms with E-state index in [0.29, 0.717) is 60.7 Å². The van der Waals surface area contributed by atoms with Crippen LogP contribution in [0.15, 0.2) is 77.8 Å². The van der Waals surface area contributed by atoms with Crippen LogP contribution in [0.5, 0.6) is 0 Å². The van der Waals surface area contributed by atoms with E-state index in [1.54, 1.807) is 36.8 Å². The molecule has 0 radical (unpaired) electrons. The largest absolute Gasteiger partial charge is 0.406 e. The topological polar surface area (TPSA) is 119 Å². The summed E-state index contributed by atoms with van der Waals surface area (Å²) in [7, 11) is 1.48. The van der Waals surface area contributed by atoms with Crippen LogP contribution in [0.25, 0.3) is 15.9 Å². The molecule has 4 aliphatic heterocycles. The van der Waals surface area contributed by atoms with Crippen molar-refractivity contribution in [2.75, 3.05) is 109 Å². The zero-order valence-corrected chi connectivity index (χ0v) is 48.7. The minimum Gasteiger partial charge on any atom is -0.371 e. The number of halogens is 4. The van der Waals surface area contributed by atoms with Gasteiger partial charge in [0.25, 0.3) is 0 Å². The molecule has 3 saturated heterocycles. The minimum absolute atomic E-state index is 0.0661. The Morgan fingerprint density at radius 2 is 1.52 bits per heavy atom. The number of aryl methyl sites for hydroxylation is 2. The van der Waals surface area contributed by atoms with E-state index in [-0.39, 0.29) is 30.8 Å². The first-order valence-corrected chi connectivity index (χ1v) is 31.1. The van der Waals surface area contributed by atoms with Crippen molar-refractivity contribution >= 4 is 75.2 Å². The summed E-state index contributed by atoms with van der Waals surface area (Å²) >= 11 is 8.00. The van der Waals surface area contributed by atoms with E-state index in [0.717, 1.165) is 114 Å². The lowest BCUT2D eigenvalue weighted by Crippen LogP contribution is -2.53. The third-order valence-corrected chi connectivity index (χ3v) is 19.5. The van der Waals surface area contributed by atoms with Crippen LogP contribution < -0.4 is 15.1 Å². The molecule has 20 heteroatoms. The Labute approximate surface area is 470 Å². The average Bonchev–Trinajstić information content (AvgIpc) is 4.28. The van der Waals surface area contributed by atoms with Crippen LogP contribution in [-0.4, -0.2) is 168 Å². The predicted molar refractivity (Wildman–Crippen MR) is 312 cm³/mol. The van der Waals surface area contributed by atoms with E-state index in [9.17, 15) is 27.3 Å². The van der Waals surface area contributed by atoms with Gasteiger partial charge < -0.3 is 28.7 Å². The van der Waals surface area contributed by atoms with E-state index in [1.807, 2.05) is 96.4 Å². The van der Waals surface area contributed by atoms with Crippen LogP contribution >= 0.6 is 30.1 Å². The highest BCUT2D eigenvalue weighted by Gasteiger charge is 2.36. The maximum absolute atomic E-state index is 14.1. The molecule has 3 aromatic carbocycles. The molecule has 0 bridgehead atoms. The quantitative estimate of drug-likeness (QED) is 0.0824. The van der Waals surface area contributed by atoms with Crippen LogP contribution in [0.2, 0.25) is 5.02 Å². The Bertz CT molecular complexity index is 3350.